The SMILES string of the molecule is COc1ccccc1/C=N\n1c(-c2ccccc2)nc2ccccc2c1=O. The first kappa shape index (κ1) is 16.7. The summed E-state index contributed by atoms with van der Waals surface area (Å²) < 4.78 is 6.69. The first-order valence-electron chi connectivity index (χ1n) is 8.52. The van der Waals surface area contributed by atoms with E-state index in [9.17, 15) is 4.79 Å². The first-order valence-corrected chi connectivity index (χ1v) is 8.52. The van der Waals surface area contributed by atoms with Gasteiger partial charge in [-0.05, 0) is 24.3 Å². The minimum atomic E-state index is -0.217. The maximum absolute atomic E-state index is 13.1. The molecular weight excluding hydrogens is 338 g/mol. The summed E-state index contributed by atoms with van der Waals surface area (Å²) in [7, 11) is 1.60. The molecule has 4 rings (SSSR count). The average Bonchev–Trinajstić information content (AvgIpc) is 2.74. The van der Waals surface area contributed by atoms with Crippen LogP contribution < -0.4 is 10.3 Å². The van der Waals surface area contributed by atoms with E-state index in [4.69, 9.17) is 4.74 Å². The molecule has 0 aliphatic rings. The highest BCUT2D eigenvalue weighted by atomic mass is 16.5. The molecule has 1 aromatic heterocycles. The Balaban J connectivity index is 1.94. The molecule has 3 aromatic carbocycles. The van der Waals surface area contributed by atoms with Gasteiger partial charge in [-0.2, -0.15) is 9.78 Å². The first-order chi connectivity index (χ1) is 13.3. The second-order valence-corrected chi connectivity index (χ2v) is 5.92. The molecule has 0 spiro atoms. The summed E-state index contributed by atoms with van der Waals surface area (Å²) in [4.78, 5) is 17.8. The van der Waals surface area contributed by atoms with Crippen molar-refractivity contribution in [1.82, 2.24) is 9.66 Å². The molecule has 0 fully saturated rings. The predicted molar refractivity (Wildman–Crippen MR) is 107 cm³/mol. The second kappa shape index (κ2) is 7.25. The second-order valence-electron chi connectivity index (χ2n) is 5.92. The number of aromatic nitrogens is 2. The number of fused-ring (bicyclic) bond motifs is 1. The van der Waals surface area contributed by atoms with E-state index in [-0.39, 0.29) is 5.56 Å². The van der Waals surface area contributed by atoms with Crippen molar-refractivity contribution in [3.8, 4) is 17.1 Å². The van der Waals surface area contributed by atoms with Crippen molar-refractivity contribution >= 4 is 17.1 Å². The van der Waals surface area contributed by atoms with Crippen LogP contribution in [0.15, 0.2) is 88.8 Å². The molecule has 0 aliphatic carbocycles. The van der Waals surface area contributed by atoms with Gasteiger partial charge in [-0.15, -0.1) is 0 Å². The molecule has 132 valence electrons. The van der Waals surface area contributed by atoms with Gasteiger partial charge < -0.3 is 4.74 Å². The van der Waals surface area contributed by atoms with Gasteiger partial charge in [0.2, 0.25) is 0 Å². The summed E-state index contributed by atoms with van der Waals surface area (Å²) in [5.41, 5.74) is 2.02. The van der Waals surface area contributed by atoms with E-state index in [0.717, 1.165) is 11.1 Å². The Morgan fingerprint density at radius 3 is 2.44 bits per heavy atom. The van der Waals surface area contributed by atoms with Crippen LogP contribution in [0, 0.1) is 0 Å². The third-order valence-electron chi connectivity index (χ3n) is 4.24. The molecule has 4 aromatic rings. The monoisotopic (exact) mass is 355 g/mol. The van der Waals surface area contributed by atoms with E-state index in [0.29, 0.717) is 22.5 Å². The number of rotatable bonds is 4. The van der Waals surface area contributed by atoms with Crippen LogP contribution in [0.5, 0.6) is 5.75 Å². The Morgan fingerprint density at radius 1 is 0.926 bits per heavy atom. The zero-order valence-corrected chi connectivity index (χ0v) is 14.7. The van der Waals surface area contributed by atoms with E-state index in [2.05, 4.69) is 10.1 Å². The fraction of sp³-hybridized carbons (Fsp3) is 0.0455. The molecule has 0 saturated heterocycles. The van der Waals surface area contributed by atoms with Gasteiger partial charge in [-0.1, -0.05) is 54.6 Å². The van der Waals surface area contributed by atoms with Crippen molar-refractivity contribution in [2.45, 2.75) is 0 Å². The summed E-state index contributed by atoms with van der Waals surface area (Å²) in [6.45, 7) is 0. The lowest BCUT2D eigenvalue weighted by molar-refractivity contribution is 0.414. The van der Waals surface area contributed by atoms with E-state index < -0.39 is 0 Å². The quantitative estimate of drug-likeness (QED) is 0.521. The normalized spacial score (nSPS) is 11.1. The van der Waals surface area contributed by atoms with Crippen LogP contribution in [0.4, 0.5) is 0 Å². The van der Waals surface area contributed by atoms with Crippen molar-refractivity contribution in [3.05, 3.63) is 94.8 Å². The Hall–Kier alpha value is -3.73. The molecule has 1 heterocycles. The lowest BCUT2D eigenvalue weighted by Crippen LogP contribution is -2.20. The molecule has 0 radical (unpaired) electrons. The van der Waals surface area contributed by atoms with Crippen LogP contribution in [-0.4, -0.2) is 23.0 Å². The van der Waals surface area contributed by atoms with Crippen LogP contribution in [0.3, 0.4) is 0 Å². The van der Waals surface area contributed by atoms with Gasteiger partial charge >= 0.3 is 0 Å². The van der Waals surface area contributed by atoms with Gasteiger partial charge in [-0.25, -0.2) is 4.98 Å². The third-order valence-corrected chi connectivity index (χ3v) is 4.24. The maximum atomic E-state index is 13.1. The zero-order chi connectivity index (χ0) is 18.6. The van der Waals surface area contributed by atoms with Crippen molar-refractivity contribution in [2.24, 2.45) is 5.10 Å². The fourth-order valence-corrected chi connectivity index (χ4v) is 2.90. The Kier molecular flexibility index (Phi) is 4.49. The van der Waals surface area contributed by atoms with Crippen LogP contribution in [0.1, 0.15) is 5.56 Å². The summed E-state index contributed by atoms with van der Waals surface area (Å²) in [5, 5.41) is 4.97. The molecule has 0 atom stereocenters. The molecule has 0 amide bonds. The molecule has 0 aliphatic heterocycles. The summed E-state index contributed by atoms with van der Waals surface area (Å²) in [6, 6.07) is 24.3. The topological polar surface area (TPSA) is 56.5 Å². The van der Waals surface area contributed by atoms with E-state index in [1.165, 1.54) is 4.68 Å². The molecule has 0 bridgehead atoms. The lowest BCUT2D eigenvalue weighted by Gasteiger charge is -2.09. The van der Waals surface area contributed by atoms with Gasteiger partial charge in [0.05, 0.1) is 24.2 Å². The van der Waals surface area contributed by atoms with Gasteiger partial charge in [0.15, 0.2) is 5.82 Å². The summed E-state index contributed by atoms with van der Waals surface area (Å²) in [5.74, 6) is 1.18. The molecule has 5 nitrogen and oxygen atoms in total. The van der Waals surface area contributed by atoms with Crippen LogP contribution in [-0.2, 0) is 0 Å². The smallest absolute Gasteiger partial charge is 0.282 e. The van der Waals surface area contributed by atoms with Crippen molar-refractivity contribution in [2.75, 3.05) is 7.11 Å². The van der Waals surface area contributed by atoms with Crippen LogP contribution >= 0.6 is 0 Å². The maximum Gasteiger partial charge on any atom is 0.282 e. The zero-order valence-electron chi connectivity index (χ0n) is 14.7. The van der Waals surface area contributed by atoms with E-state index >= 15 is 0 Å². The highest BCUT2D eigenvalue weighted by molar-refractivity contribution is 5.84. The van der Waals surface area contributed by atoms with Crippen LogP contribution in [0.25, 0.3) is 22.3 Å². The van der Waals surface area contributed by atoms with Gasteiger partial charge in [0.25, 0.3) is 5.56 Å². The fourth-order valence-electron chi connectivity index (χ4n) is 2.90. The molecule has 0 N–H and O–H groups in total. The highest BCUT2D eigenvalue weighted by Crippen LogP contribution is 2.19. The van der Waals surface area contributed by atoms with Crippen molar-refractivity contribution in [3.63, 3.8) is 0 Å². The number of benzene rings is 3. The highest BCUT2D eigenvalue weighted by Gasteiger charge is 2.12. The molecule has 5 heteroatoms. The van der Waals surface area contributed by atoms with E-state index in [1.807, 2.05) is 72.8 Å². The summed E-state index contributed by atoms with van der Waals surface area (Å²) >= 11 is 0. The third kappa shape index (κ3) is 3.22. The Labute approximate surface area is 156 Å². The van der Waals surface area contributed by atoms with Crippen molar-refractivity contribution < 1.29 is 4.74 Å². The Bertz CT molecular complexity index is 1180. The average molecular weight is 355 g/mol. The largest absolute Gasteiger partial charge is 0.496 e. The number of methoxy groups -OCH3 is 1. The standard InChI is InChI=1S/C22H17N3O2/c1-27-20-14-8-5-11-17(20)15-23-25-21(16-9-3-2-4-10-16)24-19-13-7-6-12-18(19)22(25)26/h2-15H,1H3/b23-15-. The number of hydrogen-bond donors (Lipinski definition) is 0. The van der Waals surface area contributed by atoms with Gasteiger partial charge in [-0.3, -0.25) is 4.79 Å². The number of hydrogen-bond acceptors (Lipinski definition) is 4. The minimum absolute atomic E-state index is 0.217. The number of nitrogens with zero attached hydrogens (tertiary/aromatic N) is 3. The number of para-hydroxylation sites is 2. The molecular formula is C22H17N3O2. The lowest BCUT2D eigenvalue weighted by atomic mass is 10.2. The molecule has 0 saturated carbocycles. The summed E-state index contributed by atoms with van der Waals surface area (Å²) in [6.07, 6.45) is 1.61. The van der Waals surface area contributed by atoms with Crippen molar-refractivity contribution in [1.29, 1.82) is 0 Å². The Morgan fingerprint density at radius 2 is 1.63 bits per heavy atom. The predicted octanol–water partition coefficient (Wildman–Crippen LogP) is 3.95. The van der Waals surface area contributed by atoms with Gasteiger partial charge in [0, 0.05) is 11.1 Å². The minimum Gasteiger partial charge on any atom is -0.496 e. The van der Waals surface area contributed by atoms with Gasteiger partial charge in [0.1, 0.15) is 5.75 Å². The van der Waals surface area contributed by atoms with E-state index in [1.54, 1.807) is 19.4 Å². The molecule has 0 unspecified atom stereocenters. The molecule has 27 heavy (non-hydrogen) atoms. The number of ether oxygens (including phenoxy) is 1. The van der Waals surface area contributed by atoms with Crippen LogP contribution in [0.2, 0.25) is 0 Å².